The van der Waals surface area contributed by atoms with E-state index in [-0.39, 0.29) is 11.3 Å². The molecular weight excluding hydrogens is 240 g/mol. The predicted molar refractivity (Wildman–Crippen MR) is 62.4 cm³/mol. The average molecular weight is 252 g/mol. The Morgan fingerprint density at radius 2 is 2.06 bits per heavy atom. The summed E-state index contributed by atoms with van der Waals surface area (Å²) in [7, 11) is 0. The van der Waals surface area contributed by atoms with Crippen LogP contribution in [0.1, 0.15) is 22.8 Å². The van der Waals surface area contributed by atoms with E-state index in [0.29, 0.717) is 5.56 Å². The average Bonchev–Trinajstić information content (AvgIpc) is 2.28. The highest BCUT2D eigenvalue weighted by molar-refractivity contribution is 5.97. The molecule has 0 aliphatic carbocycles. The molecule has 1 rings (SSSR count). The molecule has 0 unspecified atom stereocenters. The van der Waals surface area contributed by atoms with Crippen molar-refractivity contribution < 1.29 is 19.6 Å². The van der Waals surface area contributed by atoms with E-state index in [2.05, 4.69) is 5.32 Å². The Kier molecular flexibility index (Phi) is 3.98. The number of carbonyl (C=O) groups is 2. The van der Waals surface area contributed by atoms with Crippen LogP contribution < -0.4 is 5.32 Å². The van der Waals surface area contributed by atoms with Crippen molar-refractivity contribution in [1.82, 2.24) is 5.32 Å². The van der Waals surface area contributed by atoms with Gasteiger partial charge in [-0.15, -0.1) is 0 Å². The molecule has 7 nitrogen and oxygen atoms in total. The van der Waals surface area contributed by atoms with Crippen molar-refractivity contribution in [3.8, 4) is 0 Å². The van der Waals surface area contributed by atoms with Gasteiger partial charge < -0.3 is 10.4 Å². The minimum absolute atomic E-state index is 0.115. The molecule has 96 valence electrons. The normalized spacial score (nSPS) is 11.7. The number of nitrogens with one attached hydrogen (secondary N) is 1. The van der Waals surface area contributed by atoms with Gasteiger partial charge in [0.15, 0.2) is 0 Å². The topological polar surface area (TPSA) is 110 Å². The number of carboxylic acid groups (broad SMARTS) is 1. The molecule has 18 heavy (non-hydrogen) atoms. The number of non-ortho nitro benzene ring substituents is 1. The molecule has 0 saturated carbocycles. The number of carboxylic acids is 1. The number of nitro benzene ring substituents is 1. The fourth-order valence-corrected chi connectivity index (χ4v) is 1.35. The van der Waals surface area contributed by atoms with Crippen LogP contribution in [-0.2, 0) is 4.79 Å². The summed E-state index contributed by atoms with van der Waals surface area (Å²) in [6.45, 7) is 2.88. The molecule has 0 saturated heterocycles. The number of carbonyl (C=O) groups excluding carboxylic acids is 1. The Bertz CT molecular complexity index is 512. The number of amides is 1. The van der Waals surface area contributed by atoms with E-state index in [1.807, 2.05) is 0 Å². The summed E-state index contributed by atoms with van der Waals surface area (Å²) in [5.41, 5.74) is 0.517. The molecule has 0 heterocycles. The van der Waals surface area contributed by atoms with Crippen molar-refractivity contribution in [2.45, 2.75) is 19.9 Å². The van der Waals surface area contributed by atoms with Crippen molar-refractivity contribution in [1.29, 1.82) is 0 Å². The van der Waals surface area contributed by atoms with Crippen LogP contribution in [0.25, 0.3) is 0 Å². The van der Waals surface area contributed by atoms with E-state index in [4.69, 9.17) is 5.11 Å². The molecule has 1 amide bonds. The summed E-state index contributed by atoms with van der Waals surface area (Å²) in [5, 5.41) is 21.5. The van der Waals surface area contributed by atoms with Crippen molar-refractivity contribution >= 4 is 17.6 Å². The van der Waals surface area contributed by atoms with Crippen LogP contribution >= 0.6 is 0 Å². The monoisotopic (exact) mass is 252 g/mol. The van der Waals surface area contributed by atoms with Gasteiger partial charge in [-0.1, -0.05) is 0 Å². The van der Waals surface area contributed by atoms with Gasteiger partial charge in [-0.05, 0) is 25.5 Å². The van der Waals surface area contributed by atoms with Gasteiger partial charge in [0.25, 0.3) is 11.6 Å². The van der Waals surface area contributed by atoms with Crippen molar-refractivity contribution in [3.63, 3.8) is 0 Å². The lowest BCUT2D eigenvalue weighted by Gasteiger charge is -2.10. The first-order chi connectivity index (χ1) is 8.32. The molecule has 0 aliphatic heterocycles. The molecule has 0 bridgehead atoms. The molecule has 0 radical (unpaired) electrons. The fraction of sp³-hybridized carbons (Fsp3) is 0.273. The number of aliphatic carboxylic acids is 1. The highest BCUT2D eigenvalue weighted by atomic mass is 16.6. The van der Waals surface area contributed by atoms with Gasteiger partial charge in [0.1, 0.15) is 6.04 Å². The third-order valence-electron chi connectivity index (χ3n) is 2.38. The summed E-state index contributed by atoms with van der Waals surface area (Å²) in [4.78, 5) is 32.3. The summed E-state index contributed by atoms with van der Waals surface area (Å²) in [6.07, 6.45) is 0. The zero-order valence-electron chi connectivity index (χ0n) is 9.84. The summed E-state index contributed by atoms with van der Waals surface area (Å²) < 4.78 is 0. The molecule has 1 aromatic rings. The molecule has 0 aromatic heterocycles. The SMILES string of the molecule is Cc1cc([N+](=O)[O-])ccc1C(=O)N[C@@H](C)C(=O)O. The number of rotatable bonds is 4. The lowest BCUT2D eigenvalue weighted by Crippen LogP contribution is -2.38. The van der Waals surface area contributed by atoms with Crippen LogP contribution in [0.5, 0.6) is 0 Å². The van der Waals surface area contributed by atoms with Crippen LogP contribution in [0.2, 0.25) is 0 Å². The second-order valence-corrected chi connectivity index (χ2v) is 3.79. The Morgan fingerprint density at radius 3 is 2.50 bits per heavy atom. The van der Waals surface area contributed by atoms with Crippen LogP contribution in [0, 0.1) is 17.0 Å². The molecule has 2 N–H and O–H groups in total. The summed E-state index contributed by atoms with van der Waals surface area (Å²) >= 11 is 0. The minimum Gasteiger partial charge on any atom is -0.480 e. The quantitative estimate of drug-likeness (QED) is 0.616. The Balaban J connectivity index is 2.94. The Morgan fingerprint density at radius 1 is 1.44 bits per heavy atom. The molecule has 7 heteroatoms. The maximum absolute atomic E-state index is 11.7. The van der Waals surface area contributed by atoms with Crippen LogP contribution in [0.3, 0.4) is 0 Å². The summed E-state index contributed by atoms with van der Waals surface area (Å²) in [5.74, 6) is -1.72. The van der Waals surface area contributed by atoms with Gasteiger partial charge in [-0.25, -0.2) is 0 Å². The van der Waals surface area contributed by atoms with Gasteiger partial charge in [-0.3, -0.25) is 19.7 Å². The summed E-state index contributed by atoms with van der Waals surface area (Å²) in [6, 6.07) is 2.75. The lowest BCUT2D eigenvalue weighted by atomic mass is 10.1. The minimum atomic E-state index is -1.15. The van der Waals surface area contributed by atoms with E-state index in [9.17, 15) is 19.7 Å². The molecular formula is C11H12N2O5. The third kappa shape index (κ3) is 3.03. The van der Waals surface area contributed by atoms with E-state index in [1.54, 1.807) is 6.92 Å². The van der Waals surface area contributed by atoms with Crippen molar-refractivity contribution in [3.05, 3.63) is 39.4 Å². The van der Waals surface area contributed by atoms with E-state index in [0.717, 1.165) is 0 Å². The van der Waals surface area contributed by atoms with Gasteiger partial charge >= 0.3 is 5.97 Å². The van der Waals surface area contributed by atoms with Crippen LogP contribution in [0.4, 0.5) is 5.69 Å². The Labute approximate surface area is 103 Å². The first kappa shape index (κ1) is 13.6. The number of nitro groups is 1. The molecule has 0 spiro atoms. The zero-order chi connectivity index (χ0) is 13.9. The maximum atomic E-state index is 11.7. The zero-order valence-corrected chi connectivity index (χ0v) is 9.84. The van der Waals surface area contributed by atoms with E-state index < -0.39 is 22.8 Å². The van der Waals surface area contributed by atoms with Gasteiger partial charge in [-0.2, -0.15) is 0 Å². The number of benzene rings is 1. The first-order valence-corrected chi connectivity index (χ1v) is 5.11. The molecule has 0 aliphatic rings. The molecule has 1 atom stereocenters. The number of hydrogen-bond donors (Lipinski definition) is 2. The number of hydrogen-bond acceptors (Lipinski definition) is 4. The second kappa shape index (κ2) is 5.26. The molecule has 1 aromatic carbocycles. The predicted octanol–water partition coefficient (Wildman–Crippen LogP) is 1.11. The van der Waals surface area contributed by atoms with Gasteiger partial charge in [0.2, 0.25) is 0 Å². The molecule has 0 fully saturated rings. The lowest BCUT2D eigenvalue weighted by molar-refractivity contribution is -0.384. The fourth-order valence-electron chi connectivity index (χ4n) is 1.35. The third-order valence-corrected chi connectivity index (χ3v) is 2.38. The van der Waals surface area contributed by atoms with Crippen LogP contribution in [0.15, 0.2) is 18.2 Å². The van der Waals surface area contributed by atoms with Crippen molar-refractivity contribution in [2.75, 3.05) is 0 Å². The number of aryl methyl sites for hydroxylation is 1. The highest BCUT2D eigenvalue weighted by Gasteiger charge is 2.18. The van der Waals surface area contributed by atoms with Crippen LogP contribution in [-0.4, -0.2) is 27.9 Å². The first-order valence-electron chi connectivity index (χ1n) is 5.11. The largest absolute Gasteiger partial charge is 0.480 e. The number of nitrogens with zero attached hydrogens (tertiary/aromatic N) is 1. The second-order valence-electron chi connectivity index (χ2n) is 3.79. The maximum Gasteiger partial charge on any atom is 0.325 e. The van der Waals surface area contributed by atoms with Gasteiger partial charge in [0, 0.05) is 17.7 Å². The highest BCUT2D eigenvalue weighted by Crippen LogP contribution is 2.17. The standard InChI is InChI=1S/C11H12N2O5/c1-6-5-8(13(17)18)3-4-9(6)10(14)12-7(2)11(15)16/h3-5,7H,1-2H3,(H,12,14)(H,15,16)/t7-/m0/s1. The smallest absolute Gasteiger partial charge is 0.325 e. The Hall–Kier alpha value is -2.44. The van der Waals surface area contributed by atoms with Gasteiger partial charge in [0.05, 0.1) is 4.92 Å². The van der Waals surface area contributed by atoms with Crippen molar-refractivity contribution in [2.24, 2.45) is 0 Å². The van der Waals surface area contributed by atoms with E-state index >= 15 is 0 Å². The van der Waals surface area contributed by atoms with E-state index in [1.165, 1.54) is 25.1 Å².